The molecule has 3 rings (SSSR count). The number of carbonyl (C=O) groups is 2. The molecule has 124 valence electrons. The molecular weight excluding hydrogens is 324 g/mol. The number of amides is 2. The van der Waals surface area contributed by atoms with Crippen LogP contribution in [0.4, 0.5) is 0 Å². The lowest BCUT2D eigenvalue weighted by Gasteiger charge is -2.06. The maximum Gasteiger partial charge on any atom is 0.224 e. The Morgan fingerprint density at radius 3 is 2.75 bits per heavy atom. The quantitative estimate of drug-likeness (QED) is 0.687. The summed E-state index contributed by atoms with van der Waals surface area (Å²) in [7, 11) is 0. The third kappa shape index (κ3) is 4.42. The van der Waals surface area contributed by atoms with Crippen LogP contribution < -0.4 is 10.6 Å². The van der Waals surface area contributed by atoms with Gasteiger partial charge in [0.15, 0.2) is 4.96 Å². The van der Waals surface area contributed by atoms with Crippen molar-refractivity contribution in [1.29, 1.82) is 0 Å². The molecule has 0 unspecified atom stereocenters. The van der Waals surface area contributed by atoms with E-state index in [1.165, 1.54) is 0 Å². The topological polar surface area (TPSA) is 75.5 Å². The summed E-state index contributed by atoms with van der Waals surface area (Å²) < 4.78 is 1.93. The van der Waals surface area contributed by atoms with Gasteiger partial charge in [-0.3, -0.25) is 14.0 Å². The molecule has 24 heavy (non-hydrogen) atoms. The molecule has 0 radical (unpaired) electrons. The lowest BCUT2D eigenvalue weighted by Crippen LogP contribution is -2.31. The first kappa shape index (κ1) is 16.2. The molecule has 2 aromatic heterocycles. The van der Waals surface area contributed by atoms with Gasteiger partial charge in [-0.05, 0) is 5.56 Å². The molecule has 1 aromatic carbocycles. The minimum Gasteiger partial charge on any atom is -0.355 e. The van der Waals surface area contributed by atoms with E-state index >= 15 is 0 Å². The summed E-state index contributed by atoms with van der Waals surface area (Å²) in [5.74, 6) is -0.185. The molecule has 0 aliphatic heterocycles. The summed E-state index contributed by atoms with van der Waals surface area (Å²) in [6.45, 7) is 0.723. The van der Waals surface area contributed by atoms with Crippen molar-refractivity contribution in [3.63, 3.8) is 0 Å². The van der Waals surface area contributed by atoms with Crippen molar-refractivity contribution in [2.24, 2.45) is 0 Å². The van der Waals surface area contributed by atoms with Crippen LogP contribution in [0.5, 0.6) is 0 Å². The Morgan fingerprint density at radius 2 is 1.96 bits per heavy atom. The van der Waals surface area contributed by atoms with Gasteiger partial charge >= 0.3 is 0 Å². The molecule has 2 amide bonds. The SMILES string of the molecule is O=C(CCNC(=O)Cc1ccccc1)NCc1cn2ccsc2n1. The number of imidazole rings is 1. The molecule has 0 saturated carbocycles. The fraction of sp³-hybridized carbons (Fsp3) is 0.235. The van der Waals surface area contributed by atoms with E-state index in [2.05, 4.69) is 15.6 Å². The van der Waals surface area contributed by atoms with E-state index in [0.717, 1.165) is 16.2 Å². The molecule has 7 heteroatoms. The second-order valence-electron chi connectivity index (χ2n) is 5.36. The molecule has 0 saturated heterocycles. The average molecular weight is 342 g/mol. The van der Waals surface area contributed by atoms with Gasteiger partial charge in [0.2, 0.25) is 11.8 Å². The van der Waals surface area contributed by atoms with Gasteiger partial charge < -0.3 is 10.6 Å². The van der Waals surface area contributed by atoms with Crippen LogP contribution in [0.3, 0.4) is 0 Å². The Kier molecular flexibility index (Phi) is 5.22. The number of nitrogens with zero attached hydrogens (tertiary/aromatic N) is 2. The van der Waals surface area contributed by atoms with E-state index in [9.17, 15) is 9.59 Å². The standard InChI is InChI=1S/C17H18N4O2S/c22-15(19-11-14-12-21-8-9-24-17(21)20-14)6-7-18-16(23)10-13-4-2-1-3-5-13/h1-5,8-9,12H,6-7,10-11H2,(H,18,23)(H,19,22). The molecular formula is C17H18N4O2S. The van der Waals surface area contributed by atoms with Crippen LogP contribution in [-0.4, -0.2) is 27.7 Å². The summed E-state index contributed by atoms with van der Waals surface area (Å²) in [4.78, 5) is 28.9. The number of rotatable bonds is 7. The average Bonchev–Trinajstić information content (AvgIpc) is 3.15. The maximum atomic E-state index is 11.8. The Balaban J connectivity index is 1.35. The van der Waals surface area contributed by atoms with Gasteiger partial charge in [-0.25, -0.2) is 4.98 Å². The van der Waals surface area contributed by atoms with Crippen LogP contribution in [0.25, 0.3) is 4.96 Å². The Bertz CT molecular complexity index is 797. The minimum absolute atomic E-state index is 0.0802. The Labute approximate surface area is 143 Å². The van der Waals surface area contributed by atoms with Gasteiger partial charge in [-0.1, -0.05) is 30.3 Å². The number of benzene rings is 1. The van der Waals surface area contributed by atoms with Crippen LogP contribution in [0.2, 0.25) is 0 Å². The third-order valence-corrected chi connectivity index (χ3v) is 4.26. The number of hydrogen-bond donors (Lipinski definition) is 2. The van der Waals surface area contributed by atoms with Gasteiger partial charge in [0.1, 0.15) is 0 Å². The predicted octanol–water partition coefficient (Wildman–Crippen LogP) is 1.76. The molecule has 0 atom stereocenters. The monoisotopic (exact) mass is 342 g/mol. The van der Waals surface area contributed by atoms with E-state index in [0.29, 0.717) is 19.5 Å². The summed E-state index contributed by atoms with van der Waals surface area (Å²) in [5, 5.41) is 7.53. The van der Waals surface area contributed by atoms with Crippen LogP contribution >= 0.6 is 11.3 Å². The van der Waals surface area contributed by atoms with Crippen molar-refractivity contribution >= 4 is 28.1 Å². The van der Waals surface area contributed by atoms with E-state index in [1.54, 1.807) is 11.3 Å². The lowest BCUT2D eigenvalue weighted by atomic mass is 10.1. The van der Waals surface area contributed by atoms with Crippen LogP contribution in [0.1, 0.15) is 17.7 Å². The lowest BCUT2D eigenvalue weighted by molar-refractivity contribution is -0.122. The molecule has 3 aromatic rings. The van der Waals surface area contributed by atoms with Crippen molar-refractivity contribution in [3.05, 3.63) is 59.4 Å². The third-order valence-electron chi connectivity index (χ3n) is 3.49. The van der Waals surface area contributed by atoms with Crippen LogP contribution in [0, 0.1) is 0 Å². The highest BCUT2D eigenvalue weighted by atomic mass is 32.1. The predicted molar refractivity (Wildman–Crippen MR) is 92.7 cm³/mol. The zero-order valence-corrected chi connectivity index (χ0v) is 13.9. The van der Waals surface area contributed by atoms with Gasteiger partial charge in [-0.15, -0.1) is 11.3 Å². The van der Waals surface area contributed by atoms with Crippen molar-refractivity contribution in [1.82, 2.24) is 20.0 Å². The summed E-state index contributed by atoms with van der Waals surface area (Å²) in [6, 6.07) is 9.52. The van der Waals surface area contributed by atoms with E-state index in [1.807, 2.05) is 52.5 Å². The first-order chi connectivity index (χ1) is 11.7. The molecule has 0 aliphatic rings. The molecule has 2 N–H and O–H groups in total. The largest absolute Gasteiger partial charge is 0.355 e. The number of thiazole rings is 1. The normalized spacial score (nSPS) is 10.7. The highest BCUT2D eigenvalue weighted by molar-refractivity contribution is 7.15. The zero-order valence-electron chi connectivity index (χ0n) is 13.1. The molecule has 2 heterocycles. The van der Waals surface area contributed by atoms with E-state index in [4.69, 9.17) is 0 Å². The van der Waals surface area contributed by atoms with Crippen molar-refractivity contribution < 1.29 is 9.59 Å². The van der Waals surface area contributed by atoms with Gasteiger partial charge in [-0.2, -0.15) is 0 Å². The van der Waals surface area contributed by atoms with E-state index < -0.39 is 0 Å². The van der Waals surface area contributed by atoms with Gasteiger partial charge in [0.05, 0.1) is 18.7 Å². The second kappa shape index (κ2) is 7.74. The summed E-state index contributed by atoms with van der Waals surface area (Å²) in [5.41, 5.74) is 1.78. The van der Waals surface area contributed by atoms with Crippen molar-refractivity contribution in [3.8, 4) is 0 Å². The fourth-order valence-electron chi connectivity index (χ4n) is 2.30. The van der Waals surface area contributed by atoms with Crippen molar-refractivity contribution in [2.75, 3.05) is 6.54 Å². The minimum atomic E-state index is -0.105. The smallest absolute Gasteiger partial charge is 0.224 e. The van der Waals surface area contributed by atoms with Gasteiger partial charge in [0, 0.05) is 30.7 Å². The van der Waals surface area contributed by atoms with E-state index in [-0.39, 0.29) is 18.2 Å². The first-order valence-corrected chi connectivity index (χ1v) is 8.57. The Morgan fingerprint density at radius 1 is 1.12 bits per heavy atom. The molecule has 0 bridgehead atoms. The summed E-state index contributed by atoms with van der Waals surface area (Å²) >= 11 is 1.55. The summed E-state index contributed by atoms with van der Waals surface area (Å²) in [6.07, 6.45) is 4.41. The number of nitrogens with one attached hydrogen (secondary N) is 2. The number of hydrogen-bond acceptors (Lipinski definition) is 4. The highest BCUT2D eigenvalue weighted by Gasteiger charge is 2.07. The van der Waals surface area contributed by atoms with Crippen LogP contribution in [0.15, 0.2) is 48.1 Å². The highest BCUT2D eigenvalue weighted by Crippen LogP contribution is 2.10. The molecule has 0 fully saturated rings. The number of aromatic nitrogens is 2. The number of fused-ring (bicyclic) bond motifs is 1. The number of carbonyl (C=O) groups excluding carboxylic acids is 2. The first-order valence-electron chi connectivity index (χ1n) is 7.69. The molecule has 0 spiro atoms. The maximum absolute atomic E-state index is 11.8. The van der Waals surface area contributed by atoms with Crippen LogP contribution in [-0.2, 0) is 22.6 Å². The molecule has 6 nitrogen and oxygen atoms in total. The molecule has 0 aliphatic carbocycles. The van der Waals surface area contributed by atoms with Crippen molar-refractivity contribution in [2.45, 2.75) is 19.4 Å². The Hall–Kier alpha value is -2.67. The van der Waals surface area contributed by atoms with Gasteiger partial charge in [0.25, 0.3) is 0 Å². The second-order valence-corrected chi connectivity index (χ2v) is 6.24. The fourth-order valence-corrected chi connectivity index (χ4v) is 3.02. The zero-order chi connectivity index (χ0) is 16.8.